The lowest BCUT2D eigenvalue weighted by Crippen LogP contribution is -2.47. The van der Waals surface area contributed by atoms with Crippen molar-refractivity contribution < 1.29 is 4.74 Å². The van der Waals surface area contributed by atoms with Gasteiger partial charge in [-0.05, 0) is 66.6 Å². The average molecular weight is 344 g/mol. The first-order chi connectivity index (χ1) is 9.22. The first-order valence-electron chi connectivity index (χ1n) is 7.34. The molecule has 1 saturated carbocycles. The first kappa shape index (κ1) is 14.1. The highest BCUT2D eigenvalue weighted by atomic mass is 79.9. The van der Waals surface area contributed by atoms with Crippen molar-refractivity contribution in [3.63, 3.8) is 0 Å². The molecule has 1 aromatic heterocycles. The predicted octanol–water partition coefficient (Wildman–Crippen LogP) is 4.51. The number of ether oxygens (including phenoxy) is 1. The zero-order valence-electron chi connectivity index (χ0n) is 11.5. The van der Waals surface area contributed by atoms with E-state index in [1.807, 2.05) is 11.3 Å². The van der Waals surface area contributed by atoms with Crippen LogP contribution in [0, 0.1) is 5.92 Å². The van der Waals surface area contributed by atoms with E-state index in [-0.39, 0.29) is 5.60 Å². The molecule has 1 spiro atoms. The van der Waals surface area contributed by atoms with Gasteiger partial charge in [-0.15, -0.1) is 11.3 Å². The zero-order valence-corrected chi connectivity index (χ0v) is 13.9. The molecule has 2 unspecified atom stereocenters. The van der Waals surface area contributed by atoms with Crippen LogP contribution in [0.1, 0.15) is 49.9 Å². The minimum Gasteiger partial charge on any atom is -0.375 e. The number of thiophene rings is 1. The quantitative estimate of drug-likeness (QED) is 0.868. The summed E-state index contributed by atoms with van der Waals surface area (Å²) in [6.07, 6.45) is 6.32. The van der Waals surface area contributed by atoms with E-state index in [4.69, 9.17) is 4.74 Å². The van der Waals surface area contributed by atoms with Crippen LogP contribution in [0.15, 0.2) is 15.9 Å². The molecule has 0 aromatic carbocycles. The normalized spacial score (nSPS) is 27.2. The van der Waals surface area contributed by atoms with Gasteiger partial charge in [0.1, 0.15) is 0 Å². The van der Waals surface area contributed by atoms with E-state index in [1.165, 1.54) is 41.5 Å². The molecule has 3 rings (SSSR count). The summed E-state index contributed by atoms with van der Waals surface area (Å²) >= 11 is 5.45. The molecule has 0 radical (unpaired) electrons. The molecule has 0 bridgehead atoms. The Morgan fingerprint density at radius 2 is 2.42 bits per heavy atom. The van der Waals surface area contributed by atoms with E-state index in [2.05, 4.69) is 39.6 Å². The third-order valence-corrected chi connectivity index (χ3v) is 6.36. The highest BCUT2D eigenvalue weighted by Crippen LogP contribution is 2.47. The number of nitrogens with one attached hydrogen (secondary N) is 1. The van der Waals surface area contributed by atoms with Crippen LogP contribution in [0.25, 0.3) is 0 Å². The SMILES string of the molecule is CCNC(c1cc(Br)cs1)C1CCOC2(CCC2)C1. The summed E-state index contributed by atoms with van der Waals surface area (Å²) in [5.41, 5.74) is 0.241. The van der Waals surface area contributed by atoms with Crippen LogP contribution < -0.4 is 5.32 Å². The fourth-order valence-electron chi connectivity index (χ4n) is 3.48. The molecule has 106 valence electrons. The fraction of sp³-hybridized carbons (Fsp3) is 0.733. The molecular formula is C15H22BrNOS. The molecule has 2 fully saturated rings. The van der Waals surface area contributed by atoms with Gasteiger partial charge < -0.3 is 10.1 Å². The molecule has 2 atom stereocenters. The van der Waals surface area contributed by atoms with Crippen LogP contribution >= 0.6 is 27.3 Å². The van der Waals surface area contributed by atoms with Gasteiger partial charge in [0.25, 0.3) is 0 Å². The summed E-state index contributed by atoms with van der Waals surface area (Å²) in [4.78, 5) is 1.47. The third kappa shape index (κ3) is 2.92. The van der Waals surface area contributed by atoms with E-state index < -0.39 is 0 Å². The Balaban J connectivity index is 1.75. The minimum atomic E-state index is 0.241. The molecule has 1 aliphatic carbocycles. The summed E-state index contributed by atoms with van der Waals surface area (Å²) in [5, 5.41) is 5.89. The maximum Gasteiger partial charge on any atom is 0.0686 e. The number of hydrogen-bond acceptors (Lipinski definition) is 3. The van der Waals surface area contributed by atoms with Crippen LogP contribution in [-0.2, 0) is 4.74 Å². The highest BCUT2D eigenvalue weighted by molar-refractivity contribution is 9.10. The van der Waals surface area contributed by atoms with Gasteiger partial charge >= 0.3 is 0 Å². The molecular weight excluding hydrogens is 322 g/mol. The van der Waals surface area contributed by atoms with Crippen LogP contribution in [0.3, 0.4) is 0 Å². The third-order valence-electron chi connectivity index (χ3n) is 4.59. The van der Waals surface area contributed by atoms with E-state index >= 15 is 0 Å². The molecule has 1 saturated heterocycles. The Morgan fingerprint density at radius 1 is 1.58 bits per heavy atom. The van der Waals surface area contributed by atoms with Crippen molar-refractivity contribution in [2.45, 2.75) is 50.7 Å². The first-order valence-corrected chi connectivity index (χ1v) is 9.01. The fourth-order valence-corrected chi connectivity index (χ4v) is 5.09. The maximum absolute atomic E-state index is 6.07. The summed E-state index contributed by atoms with van der Waals surface area (Å²) < 4.78 is 7.28. The van der Waals surface area contributed by atoms with Crippen molar-refractivity contribution in [1.29, 1.82) is 0 Å². The van der Waals surface area contributed by atoms with Gasteiger partial charge in [-0.1, -0.05) is 6.92 Å². The second-order valence-electron chi connectivity index (χ2n) is 5.84. The van der Waals surface area contributed by atoms with Crippen molar-refractivity contribution in [2.24, 2.45) is 5.92 Å². The second-order valence-corrected chi connectivity index (χ2v) is 7.70. The largest absolute Gasteiger partial charge is 0.375 e. The number of hydrogen-bond donors (Lipinski definition) is 1. The maximum atomic E-state index is 6.07. The van der Waals surface area contributed by atoms with Gasteiger partial charge in [-0.2, -0.15) is 0 Å². The summed E-state index contributed by atoms with van der Waals surface area (Å²) in [6, 6.07) is 2.78. The minimum absolute atomic E-state index is 0.241. The molecule has 0 amide bonds. The molecule has 4 heteroatoms. The Morgan fingerprint density at radius 3 is 3.00 bits per heavy atom. The van der Waals surface area contributed by atoms with Crippen molar-refractivity contribution >= 4 is 27.3 Å². The van der Waals surface area contributed by atoms with Gasteiger partial charge in [0.05, 0.1) is 5.60 Å². The Kier molecular flexibility index (Phi) is 4.32. The summed E-state index contributed by atoms with van der Waals surface area (Å²) in [6.45, 7) is 4.18. The van der Waals surface area contributed by atoms with Crippen molar-refractivity contribution in [3.05, 3.63) is 20.8 Å². The molecule has 2 aliphatic rings. The van der Waals surface area contributed by atoms with Gasteiger partial charge in [-0.3, -0.25) is 0 Å². The zero-order chi connectivity index (χ0) is 13.3. The van der Waals surface area contributed by atoms with E-state index in [1.54, 1.807) is 0 Å². The monoisotopic (exact) mass is 343 g/mol. The van der Waals surface area contributed by atoms with Crippen LogP contribution in [0.4, 0.5) is 0 Å². The number of halogens is 1. The lowest BCUT2D eigenvalue weighted by atomic mass is 9.70. The van der Waals surface area contributed by atoms with Gasteiger partial charge in [-0.25, -0.2) is 0 Å². The summed E-state index contributed by atoms with van der Waals surface area (Å²) in [5.74, 6) is 0.722. The second kappa shape index (κ2) is 5.84. The highest BCUT2D eigenvalue weighted by Gasteiger charge is 2.44. The van der Waals surface area contributed by atoms with E-state index in [0.29, 0.717) is 6.04 Å². The number of rotatable bonds is 4. The Hall–Kier alpha value is 0.1000. The molecule has 1 aromatic rings. The average Bonchev–Trinajstić information content (AvgIpc) is 2.80. The Labute approximate surface area is 128 Å². The molecule has 2 nitrogen and oxygen atoms in total. The standard InChI is InChI=1S/C15H22BrNOS/c1-2-17-14(13-8-12(16)10-19-13)11-4-7-18-15(9-11)5-3-6-15/h8,10-11,14,17H,2-7,9H2,1H3. The smallest absolute Gasteiger partial charge is 0.0686 e. The van der Waals surface area contributed by atoms with Crippen LogP contribution in [0.2, 0.25) is 0 Å². The predicted molar refractivity (Wildman–Crippen MR) is 83.7 cm³/mol. The van der Waals surface area contributed by atoms with Gasteiger partial charge in [0.2, 0.25) is 0 Å². The van der Waals surface area contributed by atoms with Crippen molar-refractivity contribution in [2.75, 3.05) is 13.2 Å². The van der Waals surface area contributed by atoms with Crippen LogP contribution in [-0.4, -0.2) is 18.8 Å². The summed E-state index contributed by atoms with van der Waals surface area (Å²) in [7, 11) is 0. The van der Waals surface area contributed by atoms with Crippen LogP contribution in [0.5, 0.6) is 0 Å². The molecule has 1 aliphatic heterocycles. The molecule has 2 heterocycles. The molecule has 19 heavy (non-hydrogen) atoms. The van der Waals surface area contributed by atoms with E-state index in [0.717, 1.165) is 19.1 Å². The lowest BCUT2D eigenvalue weighted by Gasteiger charge is -2.48. The topological polar surface area (TPSA) is 21.3 Å². The van der Waals surface area contributed by atoms with Crippen molar-refractivity contribution in [3.8, 4) is 0 Å². The molecule has 1 N–H and O–H groups in total. The lowest BCUT2D eigenvalue weighted by molar-refractivity contribution is -0.147. The van der Waals surface area contributed by atoms with Gasteiger partial charge in [0, 0.05) is 27.4 Å². The Bertz CT molecular complexity index is 430. The van der Waals surface area contributed by atoms with Crippen molar-refractivity contribution in [1.82, 2.24) is 5.32 Å². The van der Waals surface area contributed by atoms with Gasteiger partial charge in [0.15, 0.2) is 0 Å². The van der Waals surface area contributed by atoms with E-state index in [9.17, 15) is 0 Å².